The molecule has 4 nitrogen and oxygen atoms in total. The number of rotatable bonds is 2. The number of thioether (sulfide) groups is 1. The summed E-state index contributed by atoms with van der Waals surface area (Å²) in [6, 6.07) is 6.20. The second-order valence-electron chi connectivity index (χ2n) is 5.29. The highest BCUT2D eigenvalue weighted by Gasteiger charge is 2.38. The minimum absolute atomic E-state index is 0.0301. The van der Waals surface area contributed by atoms with E-state index in [1.165, 1.54) is 11.0 Å². The Labute approximate surface area is 127 Å². The van der Waals surface area contributed by atoms with Gasteiger partial charge in [0.2, 0.25) is 11.8 Å². The zero-order valence-electron chi connectivity index (χ0n) is 11.6. The van der Waals surface area contributed by atoms with Crippen LogP contribution in [0.2, 0.25) is 0 Å². The molecule has 1 aromatic rings. The average Bonchev–Trinajstić information content (AvgIpc) is 2.90. The molecule has 112 valence electrons. The minimum Gasteiger partial charge on any atom is -0.341 e. The maximum absolute atomic E-state index is 13.8. The SMILES string of the molecule is O=C([C@@H]1CC(=O)N(c2ccccc2F)C1)N1CCSCC1. The smallest absolute Gasteiger partial charge is 0.228 e. The minimum atomic E-state index is -0.423. The van der Waals surface area contributed by atoms with E-state index in [1.807, 2.05) is 16.7 Å². The van der Waals surface area contributed by atoms with Crippen molar-refractivity contribution in [2.45, 2.75) is 6.42 Å². The lowest BCUT2D eigenvalue weighted by molar-refractivity contribution is -0.135. The number of benzene rings is 1. The van der Waals surface area contributed by atoms with Gasteiger partial charge in [0.25, 0.3) is 0 Å². The topological polar surface area (TPSA) is 40.6 Å². The summed E-state index contributed by atoms with van der Waals surface area (Å²) in [6.45, 7) is 1.77. The van der Waals surface area contributed by atoms with E-state index in [-0.39, 0.29) is 36.4 Å². The fourth-order valence-electron chi connectivity index (χ4n) is 2.82. The van der Waals surface area contributed by atoms with Crippen LogP contribution in [0.5, 0.6) is 0 Å². The van der Waals surface area contributed by atoms with Gasteiger partial charge in [-0.1, -0.05) is 12.1 Å². The number of hydrogen-bond acceptors (Lipinski definition) is 3. The van der Waals surface area contributed by atoms with Gasteiger partial charge in [-0.3, -0.25) is 9.59 Å². The van der Waals surface area contributed by atoms with Gasteiger partial charge in [-0.15, -0.1) is 0 Å². The molecule has 0 aromatic heterocycles. The van der Waals surface area contributed by atoms with Crippen LogP contribution in [-0.4, -0.2) is 47.9 Å². The van der Waals surface area contributed by atoms with Crippen molar-refractivity contribution in [3.05, 3.63) is 30.1 Å². The summed E-state index contributed by atoms with van der Waals surface area (Å²) >= 11 is 1.84. The van der Waals surface area contributed by atoms with E-state index in [1.54, 1.807) is 18.2 Å². The van der Waals surface area contributed by atoms with Crippen LogP contribution in [-0.2, 0) is 9.59 Å². The number of carbonyl (C=O) groups excluding carboxylic acids is 2. The number of halogens is 1. The van der Waals surface area contributed by atoms with Crippen molar-refractivity contribution in [2.75, 3.05) is 36.0 Å². The standard InChI is InChI=1S/C15H17FN2O2S/c16-12-3-1-2-4-13(12)18-10-11(9-14(18)19)15(20)17-5-7-21-8-6-17/h1-4,11H,5-10H2/t11-/m1/s1. The van der Waals surface area contributed by atoms with Gasteiger partial charge < -0.3 is 9.80 Å². The second kappa shape index (κ2) is 6.05. The van der Waals surface area contributed by atoms with E-state index in [2.05, 4.69) is 0 Å². The van der Waals surface area contributed by atoms with E-state index in [0.717, 1.165) is 24.6 Å². The number of para-hydroxylation sites is 1. The largest absolute Gasteiger partial charge is 0.341 e. The third kappa shape index (κ3) is 2.90. The lowest BCUT2D eigenvalue weighted by Gasteiger charge is -2.28. The maximum atomic E-state index is 13.8. The van der Waals surface area contributed by atoms with Crippen LogP contribution in [0, 0.1) is 11.7 Å². The molecule has 0 aliphatic carbocycles. The molecule has 2 fully saturated rings. The van der Waals surface area contributed by atoms with E-state index >= 15 is 0 Å². The fraction of sp³-hybridized carbons (Fsp3) is 0.467. The summed E-state index contributed by atoms with van der Waals surface area (Å²) in [4.78, 5) is 27.8. The summed E-state index contributed by atoms with van der Waals surface area (Å²) in [5, 5.41) is 0. The van der Waals surface area contributed by atoms with Gasteiger partial charge in [0.1, 0.15) is 5.82 Å². The Bertz CT molecular complexity index is 560. The molecule has 1 aromatic carbocycles. The fourth-order valence-corrected chi connectivity index (χ4v) is 3.72. The molecule has 1 atom stereocenters. The number of carbonyl (C=O) groups is 2. The summed E-state index contributed by atoms with van der Waals surface area (Å²) in [5.41, 5.74) is 0.270. The van der Waals surface area contributed by atoms with E-state index in [0.29, 0.717) is 0 Å². The van der Waals surface area contributed by atoms with Crippen LogP contribution in [0.15, 0.2) is 24.3 Å². The highest BCUT2D eigenvalue weighted by Crippen LogP contribution is 2.28. The third-order valence-corrected chi connectivity index (χ3v) is 4.88. The zero-order chi connectivity index (χ0) is 14.8. The van der Waals surface area contributed by atoms with Crippen LogP contribution >= 0.6 is 11.8 Å². The van der Waals surface area contributed by atoms with Gasteiger partial charge >= 0.3 is 0 Å². The number of nitrogens with zero attached hydrogens (tertiary/aromatic N) is 2. The molecule has 2 aliphatic rings. The lowest BCUT2D eigenvalue weighted by atomic mass is 10.1. The first kappa shape index (κ1) is 14.4. The Hall–Kier alpha value is -1.56. The molecular formula is C15H17FN2O2S. The van der Waals surface area contributed by atoms with Crippen LogP contribution in [0.4, 0.5) is 10.1 Å². The Balaban J connectivity index is 1.72. The van der Waals surface area contributed by atoms with Crippen molar-refractivity contribution in [3.63, 3.8) is 0 Å². The predicted molar refractivity (Wildman–Crippen MR) is 80.8 cm³/mol. The molecule has 2 saturated heterocycles. The van der Waals surface area contributed by atoms with Crippen LogP contribution in [0.25, 0.3) is 0 Å². The maximum Gasteiger partial charge on any atom is 0.228 e. The second-order valence-corrected chi connectivity index (χ2v) is 6.52. The van der Waals surface area contributed by atoms with E-state index < -0.39 is 5.82 Å². The van der Waals surface area contributed by atoms with E-state index in [4.69, 9.17) is 0 Å². The van der Waals surface area contributed by atoms with Crippen LogP contribution < -0.4 is 4.90 Å². The lowest BCUT2D eigenvalue weighted by Crippen LogP contribution is -2.42. The van der Waals surface area contributed by atoms with Crippen molar-refractivity contribution in [2.24, 2.45) is 5.92 Å². The van der Waals surface area contributed by atoms with Crippen LogP contribution in [0.3, 0.4) is 0 Å². The molecular weight excluding hydrogens is 291 g/mol. The van der Waals surface area contributed by atoms with Gasteiger partial charge in [0.15, 0.2) is 0 Å². The molecule has 0 spiro atoms. The first-order chi connectivity index (χ1) is 10.2. The van der Waals surface area contributed by atoms with Crippen molar-refractivity contribution < 1.29 is 14.0 Å². The first-order valence-corrected chi connectivity index (χ1v) is 8.23. The Morgan fingerprint density at radius 1 is 1.24 bits per heavy atom. The average molecular weight is 308 g/mol. The Morgan fingerprint density at radius 2 is 1.95 bits per heavy atom. The molecule has 3 rings (SSSR count). The molecule has 2 amide bonds. The summed E-state index contributed by atoms with van der Waals surface area (Å²) < 4.78 is 13.8. The summed E-state index contributed by atoms with van der Waals surface area (Å²) in [5.74, 6) is 0.980. The molecule has 2 aliphatic heterocycles. The van der Waals surface area contributed by atoms with Gasteiger partial charge in [-0.2, -0.15) is 11.8 Å². The molecule has 0 saturated carbocycles. The molecule has 2 heterocycles. The highest BCUT2D eigenvalue weighted by atomic mass is 32.2. The molecule has 21 heavy (non-hydrogen) atoms. The first-order valence-electron chi connectivity index (χ1n) is 7.08. The van der Waals surface area contributed by atoms with Crippen molar-refractivity contribution in [1.29, 1.82) is 0 Å². The zero-order valence-corrected chi connectivity index (χ0v) is 12.4. The van der Waals surface area contributed by atoms with E-state index in [9.17, 15) is 14.0 Å². The predicted octanol–water partition coefficient (Wildman–Crippen LogP) is 1.75. The number of hydrogen-bond donors (Lipinski definition) is 0. The molecule has 0 N–H and O–H groups in total. The quantitative estimate of drug-likeness (QED) is 0.836. The summed E-state index contributed by atoms with van der Waals surface area (Å²) in [6.07, 6.45) is 0.177. The Kier molecular flexibility index (Phi) is 4.14. The van der Waals surface area contributed by atoms with Crippen molar-refractivity contribution >= 4 is 29.3 Å². The molecule has 0 bridgehead atoms. The van der Waals surface area contributed by atoms with Crippen molar-refractivity contribution in [3.8, 4) is 0 Å². The third-order valence-electron chi connectivity index (χ3n) is 3.94. The Morgan fingerprint density at radius 3 is 2.67 bits per heavy atom. The number of amides is 2. The highest BCUT2D eigenvalue weighted by molar-refractivity contribution is 7.99. The number of anilines is 1. The summed E-state index contributed by atoms with van der Waals surface area (Å²) in [7, 11) is 0. The van der Waals surface area contributed by atoms with Crippen LogP contribution in [0.1, 0.15) is 6.42 Å². The molecule has 6 heteroatoms. The molecule has 0 radical (unpaired) electrons. The molecule has 0 unspecified atom stereocenters. The van der Waals surface area contributed by atoms with Gasteiger partial charge in [0.05, 0.1) is 11.6 Å². The monoisotopic (exact) mass is 308 g/mol. The van der Waals surface area contributed by atoms with Gasteiger partial charge in [0, 0.05) is 37.6 Å². The van der Waals surface area contributed by atoms with Gasteiger partial charge in [-0.05, 0) is 12.1 Å². The van der Waals surface area contributed by atoms with Gasteiger partial charge in [-0.25, -0.2) is 4.39 Å². The normalized spacial score (nSPS) is 22.7. The van der Waals surface area contributed by atoms with Crippen molar-refractivity contribution in [1.82, 2.24) is 4.90 Å².